The van der Waals surface area contributed by atoms with E-state index in [1.807, 2.05) is 26.0 Å². The molecule has 0 saturated heterocycles. The minimum absolute atomic E-state index is 0.171. The molecule has 0 aliphatic heterocycles. The highest BCUT2D eigenvalue weighted by molar-refractivity contribution is 5.74. The molecule has 0 spiro atoms. The molecular weight excluding hydrogens is 288 g/mol. The molecule has 8 heteroatoms. The molecule has 0 aromatic carbocycles. The summed E-state index contributed by atoms with van der Waals surface area (Å²) in [5.41, 5.74) is 0. The second kappa shape index (κ2) is 7.60. The molecule has 0 fully saturated rings. The molecule has 8 nitrogen and oxygen atoms in total. The Kier molecular flexibility index (Phi) is 5.54. The van der Waals surface area contributed by atoms with Crippen molar-refractivity contribution in [3.63, 3.8) is 0 Å². The highest BCUT2D eigenvalue weighted by Crippen LogP contribution is 2.09. The van der Waals surface area contributed by atoms with Crippen LogP contribution in [-0.2, 0) is 19.6 Å². The fraction of sp³-hybridized carbons (Fsp3) is 0.500. The smallest absolute Gasteiger partial charge is 0.317 e. The van der Waals surface area contributed by atoms with Gasteiger partial charge >= 0.3 is 6.03 Å². The van der Waals surface area contributed by atoms with Gasteiger partial charge in [-0.3, -0.25) is 0 Å². The van der Waals surface area contributed by atoms with Gasteiger partial charge in [0.15, 0.2) is 5.82 Å². The van der Waals surface area contributed by atoms with Gasteiger partial charge in [0.05, 0.1) is 6.54 Å². The van der Waals surface area contributed by atoms with E-state index in [-0.39, 0.29) is 18.5 Å². The van der Waals surface area contributed by atoms with Crippen LogP contribution in [0.2, 0.25) is 0 Å². The highest BCUT2D eigenvalue weighted by atomic mass is 16.5. The lowest BCUT2D eigenvalue weighted by atomic mass is 10.4. The van der Waals surface area contributed by atoms with E-state index in [2.05, 4.69) is 15.5 Å². The van der Waals surface area contributed by atoms with Crippen LogP contribution in [0.1, 0.15) is 30.2 Å². The fourth-order valence-corrected chi connectivity index (χ4v) is 1.93. The first-order valence-corrected chi connectivity index (χ1v) is 7.12. The zero-order valence-corrected chi connectivity index (χ0v) is 12.7. The molecule has 2 N–H and O–H groups in total. The summed E-state index contributed by atoms with van der Waals surface area (Å²) in [6.45, 7) is 4.87. The van der Waals surface area contributed by atoms with Crippen LogP contribution in [0.15, 0.2) is 21.1 Å². The quantitative estimate of drug-likeness (QED) is 0.797. The monoisotopic (exact) mass is 308 g/mol. The van der Waals surface area contributed by atoms with Crippen molar-refractivity contribution in [1.82, 2.24) is 20.4 Å². The maximum absolute atomic E-state index is 12.1. The largest absolute Gasteiger partial charge is 0.464 e. The van der Waals surface area contributed by atoms with Crippen LogP contribution in [0, 0.1) is 6.92 Å². The second-order valence-corrected chi connectivity index (χ2v) is 4.77. The van der Waals surface area contributed by atoms with Crippen molar-refractivity contribution in [1.29, 1.82) is 0 Å². The zero-order chi connectivity index (χ0) is 15.9. The molecule has 120 valence electrons. The van der Waals surface area contributed by atoms with E-state index in [1.165, 1.54) is 0 Å². The van der Waals surface area contributed by atoms with Crippen LogP contribution >= 0.6 is 0 Å². The molecule has 0 aliphatic carbocycles. The molecule has 0 atom stereocenters. The molecule has 22 heavy (non-hydrogen) atoms. The van der Waals surface area contributed by atoms with Crippen molar-refractivity contribution in [3.05, 3.63) is 35.4 Å². The number of aliphatic hydroxyl groups excluding tert-OH is 1. The average molecular weight is 308 g/mol. The molecule has 2 rings (SSSR count). The summed E-state index contributed by atoms with van der Waals surface area (Å²) in [6.07, 6.45) is 0.437. The van der Waals surface area contributed by atoms with Crippen LogP contribution in [0.25, 0.3) is 0 Å². The SMILES string of the molecule is CCN(Cc1ccc(C)o1)C(=O)NCCc1noc(CO)n1. The van der Waals surface area contributed by atoms with Crippen LogP contribution in [0.3, 0.4) is 0 Å². The molecule has 0 bridgehead atoms. The first kappa shape index (κ1) is 16.0. The van der Waals surface area contributed by atoms with E-state index in [0.29, 0.717) is 31.9 Å². The molecular formula is C14H20N4O4. The number of furan rings is 1. The van der Waals surface area contributed by atoms with Crippen molar-refractivity contribution >= 4 is 6.03 Å². The van der Waals surface area contributed by atoms with Gasteiger partial charge in [-0.2, -0.15) is 4.98 Å². The van der Waals surface area contributed by atoms with Gasteiger partial charge in [-0.1, -0.05) is 5.16 Å². The van der Waals surface area contributed by atoms with Crippen molar-refractivity contribution in [2.24, 2.45) is 0 Å². The third-order valence-electron chi connectivity index (χ3n) is 3.08. The second-order valence-electron chi connectivity index (χ2n) is 4.77. The van der Waals surface area contributed by atoms with Crippen LogP contribution in [-0.4, -0.2) is 39.3 Å². The normalized spacial score (nSPS) is 10.7. The predicted octanol–water partition coefficient (Wildman–Crippen LogP) is 1.24. The number of aryl methyl sites for hydroxylation is 1. The van der Waals surface area contributed by atoms with Gasteiger partial charge in [-0.25, -0.2) is 4.79 Å². The van der Waals surface area contributed by atoms with Gasteiger partial charge in [0.25, 0.3) is 5.89 Å². The molecule has 0 aliphatic rings. The van der Waals surface area contributed by atoms with Crippen molar-refractivity contribution in [2.75, 3.05) is 13.1 Å². The Bertz CT molecular complexity index is 608. The van der Waals surface area contributed by atoms with Crippen molar-refractivity contribution in [3.8, 4) is 0 Å². The van der Waals surface area contributed by atoms with Gasteiger partial charge in [0.2, 0.25) is 0 Å². The Balaban J connectivity index is 1.79. The van der Waals surface area contributed by atoms with Crippen LogP contribution < -0.4 is 5.32 Å². The number of amides is 2. The number of aromatic nitrogens is 2. The van der Waals surface area contributed by atoms with Crippen LogP contribution in [0.5, 0.6) is 0 Å². The molecule has 2 aromatic heterocycles. The Morgan fingerprint density at radius 2 is 2.27 bits per heavy atom. The number of hydrogen-bond acceptors (Lipinski definition) is 6. The molecule has 0 radical (unpaired) electrons. The standard InChI is InChI=1S/C14H20N4O4/c1-3-18(8-11-5-4-10(2)21-11)14(20)15-7-6-12-16-13(9-19)22-17-12/h4-5,19H,3,6-9H2,1-2H3,(H,15,20). The average Bonchev–Trinajstić information content (AvgIpc) is 3.13. The number of hydrogen-bond donors (Lipinski definition) is 2. The molecule has 2 amide bonds. The van der Waals surface area contributed by atoms with Crippen molar-refractivity contribution < 1.29 is 18.8 Å². The first-order valence-electron chi connectivity index (χ1n) is 7.12. The number of aliphatic hydroxyl groups is 1. The maximum atomic E-state index is 12.1. The van der Waals surface area contributed by atoms with Gasteiger partial charge in [0.1, 0.15) is 18.1 Å². The lowest BCUT2D eigenvalue weighted by Gasteiger charge is -2.20. The van der Waals surface area contributed by atoms with Crippen molar-refractivity contribution in [2.45, 2.75) is 33.4 Å². The summed E-state index contributed by atoms with van der Waals surface area (Å²) in [4.78, 5) is 17.7. The van der Waals surface area contributed by atoms with Gasteiger partial charge in [-0.05, 0) is 26.0 Å². The summed E-state index contributed by atoms with van der Waals surface area (Å²) in [7, 11) is 0. The van der Waals surface area contributed by atoms with E-state index in [9.17, 15) is 4.79 Å². The predicted molar refractivity (Wildman–Crippen MR) is 76.9 cm³/mol. The number of carbonyl (C=O) groups excluding carboxylic acids is 1. The summed E-state index contributed by atoms with van der Waals surface area (Å²) in [5, 5.41) is 15.3. The van der Waals surface area contributed by atoms with E-state index in [1.54, 1.807) is 4.90 Å². The Morgan fingerprint density at radius 3 is 2.86 bits per heavy atom. The zero-order valence-electron chi connectivity index (χ0n) is 12.7. The first-order chi connectivity index (χ1) is 10.6. The molecule has 0 unspecified atom stereocenters. The fourth-order valence-electron chi connectivity index (χ4n) is 1.93. The Morgan fingerprint density at radius 1 is 1.45 bits per heavy atom. The van der Waals surface area contributed by atoms with Crippen LogP contribution in [0.4, 0.5) is 4.79 Å². The highest BCUT2D eigenvalue weighted by Gasteiger charge is 2.14. The number of carbonyl (C=O) groups is 1. The van der Waals surface area contributed by atoms with Gasteiger partial charge < -0.3 is 24.3 Å². The third kappa shape index (κ3) is 4.32. The summed E-state index contributed by atoms with van der Waals surface area (Å²) in [5.74, 6) is 2.20. The lowest BCUT2D eigenvalue weighted by Crippen LogP contribution is -2.40. The number of rotatable bonds is 7. The minimum Gasteiger partial charge on any atom is -0.464 e. The Hall–Kier alpha value is -2.35. The lowest BCUT2D eigenvalue weighted by molar-refractivity contribution is 0.193. The van der Waals surface area contributed by atoms with Gasteiger partial charge in [-0.15, -0.1) is 0 Å². The van der Waals surface area contributed by atoms with Gasteiger partial charge in [0, 0.05) is 19.5 Å². The summed E-state index contributed by atoms with van der Waals surface area (Å²) in [6, 6.07) is 3.55. The summed E-state index contributed by atoms with van der Waals surface area (Å²) >= 11 is 0. The molecule has 2 heterocycles. The Labute approximate surface area is 128 Å². The number of urea groups is 1. The topological polar surface area (TPSA) is 105 Å². The maximum Gasteiger partial charge on any atom is 0.317 e. The summed E-state index contributed by atoms with van der Waals surface area (Å²) < 4.78 is 10.3. The number of nitrogens with one attached hydrogen (secondary N) is 1. The van der Waals surface area contributed by atoms with E-state index in [4.69, 9.17) is 14.0 Å². The minimum atomic E-state index is -0.286. The van der Waals surface area contributed by atoms with E-state index in [0.717, 1.165) is 11.5 Å². The third-order valence-corrected chi connectivity index (χ3v) is 3.08. The van der Waals surface area contributed by atoms with E-state index < -0.39 is 0 Å². The molecule has 2 aromatic rings. The van der Waals surface area contributed by atoms with E-state index >= 15 is 0 Å². The molecule has 0 saturated carbocycles. The number of nitrogens with zero attached hydrogens (tertiary/aromatic N) is 3.